The highest BCUT2D eigenvalue weighted by molar-refractivity contribution is 6.42. The Balaban J connectivity index is 1.28. The number of carbonyl (C=O) groups excluding carboxylic acids is 1. The van der Waals surface area contributed by atoms with Crippen molar-refractivity contribution in [3.05, 3.63) is 110 Å². The molecule has 2 aliphatic heterocycles. The Bertz CT molecular complexity index is 1480. The Kier molecular flexibility index (Phi) is 9.07. The molecule has 216 valence electrons. The first kappa shape index (κ1) is 30.0. The molecule has 1 spiro atoms. The Morgan fingerprint density at radius 1 is 1.02 bits per heavy atom. The number of ether oxygens (including phenoxy) is 1. The highest BCUT2D eigenvalue weighted by atomic mass is 35.5. The number of hydrogen-bond acceptors (Lipinski definition) is 4. The van der Waals surface area contributed by atoms with Gasteiger partial charge < -0.3 is 19.9 Å². The highest BCUT2D eigenvalue weighted by Gasteiger charge is 2.44. The fourth-order valence-electron chi connectivity index (χ4n) is 5.62. The van der Waals surface area contributed by atoms with Gasteiger partial charge in [-0.3, -0.25) is 4.79 Å². The van der Waals surface area contributed by atoms with E-state index in [0.29, 0.717) is 51.8 Å². The molecule has 3 aromatic rings. The molecule has 1 amide bonds. The molecular formula is C31H30Cl4FN3O2. The van der Waals surface area contributed by atoms with Gasteiger partial charge in [0.05, 0.1) is 21.7 Å². The fourth-order valence-corrected chi connectivity index (χ4v) is 6.40. The van der Waals surface area contributed by atoms with Crippen molar-refractivity contribution < 1.29 is 13.9 Å². The number of fused-ring (bicyclic) bond motifs is 2. The second kappa shape index (κ2) is 12.4. The lowest BCUT2D eigenvalue weighted by Crippen LogP contribution is -2.48. The molecule has 5 nitrogen and oxygen atoms in total. The van der Waals surface area contributed by atoms with Gasteiger partial charge in [-0.1, -0.05) is 58.5 Å². The van der Waals surface area contributed by atoms with Crippen LogP contribution in [0.25, 0.3) is 0 Å². The van der Waals surface area contributed by atoms with E-state index in [1.165, 1.54) is 6.07 Å². The third-order valence-electron chi connectivity index (χ3n) is 8.03. The van der Waals surface area contributed by atoms with E-state index in [1.807, 2.05) is 18.0 Å². The van der Waals surface area contributed by atoms with Crippen LogP contribution in [0.2, 0.25) is 20.1 Å². The van der Waals surface area contributed by atoms with Crippen molar-refractivity contribution in [2.24, 2.45) is 0 Å². The number of anilines is 1. The van der Waals surface area contributed by atoms with E-state index in [9.17, 15) is 9.18 Å². The van der Waals surface area contributed by atoms with Crippen LogP contribution in [0.5, 0.6) is 0 Å². The van der Waals surface area contributed by atoms with Crippen LogP contribution in [0, 0.1) is 5.82 Å². The molecule has 1 N–H and O–H groups in total. The molecule has 1 saturated heterocycles. The molecule has 2 heterocycles. The maximum atomic E-state index is 14.3. The zero-order valence-electron chi connectivity index (χ0n) is 22.5. The predicted octanol–water partition coefficient (Wildman–Crippen LogP) is 8.16. The molecule has 0 aromatic heterocycles. The zero-order chi connectivity index (χ0) is 29.3. The normalized spacial score (nSPS) is 17.2. The standard InChI is InChI=1S/C31H30Cl4FN3O2/c1-19-38(2)29-8-6-23(36)17-25(29)31(41-19)10-13-39(14-11-31)12-9-24(20-4-7-26(33)28(35)15-20)30(40)37-18-21-3-5-22(32)16-27(21)34/h3-8,15-17,24H,1,9-14,18H2,2H3,(H,37,40). The van der Waals surface area contributed by atoms with Gasteiger partial charge >= 0.3 is 0 Å². The number of benzene rings is 3. The third-order valence-corrected chi connectivity index (χ3v) is 9.35. The summed E-state index contributed by atoms with van der Waals surface area (Å²) in [6.07, 6.45) is 1.91. The first-order valence-electron chi connectivity index (χ1n) is 13.4. The summed E-state index contributed by atoms with van der Waals surface area (Å²) in [7, 11) is 1.87. The van der Waals surface area contributed by atoms with Crippen molar-refractivity contribution >= 4 is 58.0 Å². The van der Waals surface area contributed by atoms with Gasteiger partial charge in [0, 0.05) is 55.1 Å². The first-order valence-corrected chi connectivity index (χ1v) is 14.9. The summed E-state index contributed by atoms with van der Waals surface area (Å²) in [6, 6.07) is 15.3. The van der Waals surface area contributed by atoms with Gasteiger partial charge in [-0.2, -0.15) is 0 Å². The van der Waals surface area contributed by atoms with E-state index in [0.717, 1.165) is 35.5 Å². The number of piperidine rings is 1. The lowest BCUT2D eigenvalue weighted by Gasteiger charge is -2.48. The van der Waals surface area contributed by atoms with Crippen LogP contribution in [-0.2, 0) is 21.7 Å². The van der Waals surface area contributed by atoms with E-state index in [-0.39, 0.29) is 18.3 Å². The second-order valence-electron chi connectivity index (χ2n) is 10.5. The van der Waals surface area contributed by atoms with Gasteiger partial charge in [0.25, 0.3) is 0 Å². The summed E-state index contributed by atoms with van der Waals surface area (Å²) < 4.78 is 20.6. The Morgan fingerprint density at radius 3 is 2.49 bits per heavy atom. The lowest BCUT2D eigenvalue weighted by atomic mass is 9.81. The SMILES string of the molecule is C=C1OC2(CCN(CCC(C(=O)NCc3ccc(Cl)cc3Cl)c3ccc(Cl)c(Cl)c3)CC2)c2cc(F)ccc2N1C. The molecule has 2 aliphatic rings. The maximum absolute atomic E-state index is 14.3. The average Bonchev–Trinajstić information content (AvgIpc) is 2.94. The average molecular weight is 637 g/mol. The molecule has 10 heteroatoms. The van der Waals surface area contributed by atoms with Crippen LogP contribution in [-0.4, -0.2) is 37.5 Å². The molecule has 3 aromatic carbocycles. The molecule has 41 heavy (non-hydrogen) atoms. The fraction of sp³-hybridized carbons (Fsp3) is 0.323. The second-order valence-corrected chi connectivity index (χ2v) is 12.2. The van der Waals surface area contributed by atoms with Crippen LogP contribution in [0.1, 0.15) is 41.9 Å². The summed E-state index contributed by atoms with van der Waals surface area (Å²) in [4.78, 5) is 17.7. The van der Waals surface area contributed by atoms with Crippen LogP contribution in [0.3, 0.4) is 0 Å². The van der Waals surface area contributed by atoms with Crippen LogP contribution >= 0.6 is 46.4 Å². The Hall–Kier alpha value is -2.48. The number of halogens is 5. The van der Waals surface area contributed by atoms with E-state index in [4.69, 9.17) is 51.1 Å². The van der Waals surface area contributed by atoms with E-state index in [2.05, 4.69) is 16.8 Å². The summed E-state index contributed by atoms with van der Waals surface area (Å²) in [5, 5.41) is 4.87. The van der Waals surface area contributed by atoms with Crippen LogP contribution < -0.4 is 10.2 Å². The van der Waals surface area contributed by atoms with Gasteiger partial charge in [0.1, 0.15) is 11.4 Å². The van der Waals surface area contributed by atoms with Crippen LogP contribution in [0.15, 0.2) is 67.1 Å². The zero-order valence-corrected chi connectivity index (χ0v) is 25.6. The number of carbonyl (C=O) groups is 1. The smallest absolute Gasteiger partial charge is 0.227 e. The van der Waals surface area contributed by atoms with Gasteiger partial charge in [0.15, 0.2) is 5.88 Å². The highest BCUT2D eigenvalue weighted by Crippen LogP contribution is 2.47. The van der Waals surface area contributed by atoms with Gasteiger partial charge in [-0.05, 0) is 73.1 Å². The number of likely N-dealkylation sites (tertiary alicyclic amines) is 1. The molecule has 0 saturated carbocycles. The van der Waals surface area contributed by atoms with Crippen molar-refractivity contribution in [3.63, 3.8) is 0 Å². The summed E-state index contributed by atoms with van der Waals surface area (Å²) in [6.45, 7) is 6.47. The number of nitrogens with zero attached hydrogens (tertiary/aromatic N) is 2. The topological polar surface area (TPSA) is 44.8 Å². The lowest BCUT2D eigenvalue weighted by molar-refractivity contribution is -0.123. The number of amides is 1. The molecule has 0 bridgehead atoms. The van der Waals surface area contributed by atoms with Crippen molar-refractivity contribution in [2.75, 3.05) is 31.6 Å². The van der Waals surface area contributed by atoms with E-state index in [1.54, 1.807) is 42.5 Å². The molecule has 5 rings (SSSR count). The third kappa shape index (κ3) is 6.47. The summed E-state index contributed by atoms with van der Waals surface area (Å²) >= 11 is 24.8. The molecule has 0 aliphatic carbocycles. The molecule has 1 atom stereocenters. The molecule has 0 radical (unpaired) electrons. The van der Waals surface area contributed by atoms with E-state index >= 15 is 0 Å². The number of nitrogens with one attached hydrogen (secondary N) is 1. The predicted molar refractivity (Wildman–Crippen MR) is 165 cm³/mol. The Morgan fingerprint density at radius 2 is 1.78 bits per heavy atom. The quantitative estimate of drug-likeness (QED) is 0.284. The van der Waals surface area contributed by atoms with Gasteiger partial charge in [-0.15, -0.1) is 0 Å². The van der Waals surface area contributed by atoms with Gasteiger partial charge in [-0.25, -0.2) is 4.39 Å². The first-order chi connectivity index (χ1) is 19.6. The van der Waals surface area contributed by atoms with Gasteiger partial charge in [0.2, 0.25) is 5.91 Å². The van der Waals surface area contributed by atoms with Crippen molar-refractivity contribution in [3.8, 4) is 0 Å². The van der Waals surface area contributed by atoms with E-state index < -0.39 is 11.5 Å². The number of hydrogen-bond donors (Lipinski definition) is 1. The molecule has 1 unspecified atom stereocenters. The monoisotopic (exact) mass is 635 g/mol. The van der Waals surface area contributed by atoms with Crippen molar-refractivity contribution in [2.45, 2.75) is 37.3 Å². The molecular weight excluding hydrogens is 607 g/mol. The summed E-state index contributed by atoms with van der Waals surface area (Å²) in [5.41, 5.74) is 2.69. The minimum absolute atomic E-state index is 0.137. The van der Waals surface area contributed by atoms with Crippen molar-refractivity contribution in [1.82, 2.24) is 10.2 Å². The number of rotatable bonds is 7. The largest absolute Gasteiger partial charge is 0.468 e. The van der Waals surface area contributed by atoms with Crippen LogP contribution in [0.4, 0.5) is 10.1 Å². The molecule has 1 fully saturated rings. The summed E-state index contributed by atoms with van der Waals surface area (Å²) in [5.74, 6) is -0.330. The van der Waals surface area contributed by atoms with Crippen molar-refractivity contribution in [1.29, 1.82) is 0 Å². The minimum Gasteiger partial charge on any atom is -0.468 e. The maximum Gasteiger partial charge on any atom is 0.227 e. The minimum atomic E-state index is -0.629. The Labute approximate surface area is 259 Å².